The van der Waals surface area contributed by atoms with E-state index < -0.39 is 0 Å². The lowest BCUT2D eigenvalue weighted by molar-refractivity contribution is 0.699. The highest BCUT2D eigenvalue weighted by Crippen LogP contribution is 2.14. The van der Waals surface area contributed by atoms with Gasteiger partial charge in [0.25, 0.3) is 0 Å². The number of nitriles is 1. The maximum Gasteiger partial charge on any atom is 0.191 e. The van der Waals surface area contributed by atoms with Gasteiger partial charge >= 0.3 is 0 Å². The Labute approximate surface area is 173 Å². The van der Waals surface area contributed by atoms with Crippen molar-refractivity contribution >= 4 is 29.9 Å². The molecule has 2 aromatic rings. The molecule has 0 aliphatic rings. The number of nitrogens with zero attached hydrogens (tertiary/aromatic N) is 2. The van der Waals surface area contributed by atoms with E-state index >= 15 is 0 Å². The predicted octanol–water partition coefficient (Wildman–Crippen LogP) is 4.34. The van der Waals surface area contributed by atoms with E-state index in [-0.39, 0.29) is 24.0 Å². The van der Waals surface area contributed by atoms with Gasteiger partial charge in [0.2, 0.25) is 0 Å². The number of guanidine groups is 1. The van der Waals surface area contributed by atoms with Crippen molar-refractivity contribution in [3.63, 3.8) is 0 Å². The summed E-state index contributed by atoms with van der Waals surface area (Å²) in [4.78, 5) is 4.63. The Bertz CT molecular complexity index is 730. The maximum atomic E-state index is 8.85. The summed E-state index contributed by atoms with van der Waals surface area (Å²) in [7, 11) is 0. The van der Waals surface area contributed by atoms with Crippen LogP contribution >= 0.6 is 24.0 Å². The second kappa shape index (κ2) is 11.5. The molecule has 0 radical (unpaired) electrons. The standard InChI is InChI=1S/C21H26N4.HI/c1-4-23-21(25-15-19-9-7-18(13-22)8-10-19)24-14-17(3)20-11-5-16(2)6-12-20;/h5-12,17H,4,14-15H2,1-3H3,(H2,23,24,25);1H. The molecule has 0 spiro atoms. The molecule has 26 heavy (non-hydrogen) atoms. The number of hydrogen-bond donors (Lipinski definition) is 2. The van der Waals surface area contributed by atoms with Crippen LogP contribution in [-0.4, -0.2) is 19.0 Å². The summed E-state index contributed by atoms with van der Waals surface area (Å²) in [6, 6.07) is 18.3. The first-order valence-electron chi connectivity index (χ1n) is 8.70. The summed E-state index contributed by atoms with van der Waals surface area (Å²) in [6.45, 7) is 8.59. The van der Waals surface area contributed by atoms with Crippen LogP contribution < -0.4 is 10.6 Å². The Morgan fingerprint density at radius 3 is 2.31 bits per heavy atom. The van der Waals surface area contributed by atoms with Crippen LogP contribution in [0.15, 0.2) is 53.5 Å². The molecule has 1 unspecified atom stereocenters. The zero-order chi connectivity index (χ0) is 18.1. The summed E-state index contributed by atoms with van der Waals surface area (Å²) >= 11 is 0. The molecule has 0 amide bonds. The van der Waals surface area contributed by atoms with E-state index in [9.17, 15) is 0 Å². The van der Waals surface area contributed by atoms with Gasteiger partial charge in [-0.25, -0.2) is 4.99 Å². The summed E-state index contributed by atoms with van der Waals surface area (Å²) in [5.41, 5.74) is 4.36. The summed E-state index contributed by atoms with van der Waals surface area (Å²) in [5.74, 6) is 1.21. The molecule has 0 saturated carbocycles. The first-order valence-corrected chi connectivity index (χ1v) is 8.70. The Balaban J connectivity index is 0.00000338. The lowest BCUT2D eigenvalue weighted by atomic mass is 10.0. The second-order valence-electron chi connectivity index (χ2n) is 6.20. The fourth-order valence-electron chi connectivity index (χ4n) is 2.46. The maximum absolute atomic E-state index is 8.85. The number of aliphatic imine (C=N–C) groups is 1. The zero-order valence-electron chi connectivity index (χ0n) is 15.6. The number of benzene rings is 2. The van der Waals surface area contributed by atoms with Crippen LogP contribution in [0.2, 0.25) is 0 Å². The topological polar surface area (TPSA) is 60.2 Å². The Kier molecular flexibility index (Phi) is 9.74. The zero-order valence-corrected chi connectivity index (χ0v) is 18.0. The van der Waals surface area contributed by atoms with Crippen molar-refractivity contribution in [1.82, 2.24) is 10.6 Å². The first kappa shape index (κ1) is 22.0. The number of rotatable bonds is 6. The summed E-state index contributed by atoms with van der Waals surface area (Å²) in [6.07, 6.45) is 0. The van der Waals surface area contributed by atoms with E-state index in [0.29, 0.717) is 18.0 Å². The molecule has 2 aromatic carbocycles. The molecule has 2 rings (SSSR count). The van der Waals surface area contributed by atoms with E-state index in [0.717, 1.165) is 24.6 Å². The van der Waals surface area contributed by atoms with Crippen molar-refractivity contribution in [1.29, 1.82) is 5.26 Å². The third kappa shape index (κ3) is 7.04. The lowest BCUT2D eigenvalue weighted by Crippen LogP contribution is -2.39. The monoisotopic (exact) mass is 462 g/mol. The van der Waals surface area contributed by atoms with Crippen molar-refractivity contribution in [2.75, 3.05) is 13.1 Å². The van der Waals surface area contributed by atoms with Crippen LogP contribution in [0.4, 0.5) is 0 Å². The third-order valence-corrected chi connectivity index (χ3v) is 4.07. The van der Waals surface area contributed by atoms with Gasteiger partial charge in [0.15, 0.2) is 5.96 Å². The van der Waals surface area contributed by atoms with Crippen LogP contribution in [-0.2, 0) is 6.54 Å². The summed E-state index contributed by atoms with van der Waals surface area (Å²) < 4.78 is 0. The lowest BCUT2D eigenvalue weighted by Gasteiger charge is -2.16. The predicted molar refractivity (Wildman–Crippen MR) is 119 cm³/mol. The van der Waals surface area contributed by atoms with Crippen molar-refractivity contribution in [3.8, 4) is 6.07 Å². The van der Waals surface area contributed by atoms with Gasteiger partial charge in [-0.1, -0.05) is 48.9 Å². The smallest absolute Gasteiger partial charge is 0.191 e. The van der Waals surface area contributed by atoms with Crippen molar-refractivity contribution in [3.05, 3.63) is 70.8 Å². The van der Waals surface area contributed by atoms with Gasteiger partial charge in [0.1, 0.15) is 0 Å². The van der Waals surface area contributed by atoms with Crippen LogP contribution in [0.3, 0.4) is 0 Å². The van der Waals surface area contributed by atoms with Gasteiger partial charge < -0.3 is 10.6 Å². The summed E-state index contributed by atoms with van der Waals surface area (Å²) in [5, 5.41) is 15.5. The molecule has 0 aliphatic heterocycles. The molecule has 0 aliphatic carbocycles. The molecule has 0 saturated heterocycles. The molecule has 0 aromatic heterocycles. The van der Waals surface area contributed by atoms with Crippen molar-refractivity contribution < 1.29 is 0 Å². The first-order chi connectivity index (χ1) is 12.1. The highest BCUT2D eigenvalue weighted by atomic mass is 127. The van der Waals surface area contributed by atoms with E-state index in [4.69, 9.17) is 5.26 Å². The van der Waals surface area contributed by atoms with Gasteiger partial charge in [-0.3, -0.25) is 0 Å². The van der Waals surface area contributed by atoms with Crippen molar-refractivity contribution in [2.45, 2.75) is 33.2 Å². The van der Waals surface area contributed by atoms with Gasteiger partial charge in [-0.15, -0.1) is 24.0 Å². The third-order valence-electron chi connectivity index (χ3n) is 4.07. The molecule has 1 atom stereocenters. The minimum absolute atomic E-state index is 0. The largest absolute Gasteiger partial charge is 0.357 e. The molecule has 0 bridgehead atoms. The fourth-order valence-corrected chi connectivity index (χ4v) is 2.46. The molecular formula is C21H27IN4. The highest BCUT2D eigenvalue weighted by molar-refractivity contribution is 14.0. The number of aryl methyl sites for hydroxylation is 1. The molecule has 5 heteroatoms. The van der Waals surface area contributed by atoms with Crippen LogP contribution in [0, 0.1) is 18.3 Å². The number of hydrogen-bond acceptors (Lipinski definition) is 2. The molecule has 0 heterocycles. The van der Waals surface area contributed by atoms with Crippen LogP contribution in [0.1, 0.15) is 42.0 Å². The average Bonchev–Trinajstić information content (AvgIpc) is 2.64. The molecule has 4 nitrogen and oxygen atoms in total. The minimum Gasteiger partial charge on any atom is -0.357 e. The minimum atomic E-state index is 0. The Morgan fingerprint density at radius 2 is 1.73 bits per heavy atom. The van der Waals surface area contributed by atoms with Gasteiger partial charge in [-0.05, 0) is 43.0 Å². The van der Waals surface area contributed by atoms with Gasteiger partial charge in [-0.2, -0.15) is 5.26 Å². The van der Waals surface area contributed by atoms with E-state index in [1.165, 1.54) is 11.1 Å². The quantitative estimate of drug-likeness (QED) is 0.382. The van der Waals surface area contributed by atoms with Crippen LogP contribution in [0.25, 0.3) is 0 Å². The van der Waals surface area contributed by atoms with Crippen LogP contribution in [0.5, 0.6) is 0 Å². The number of nitrogens with one attached hydrogen (secondary N) is 2. The molecule has 0 fully saturated rings. The van der Waals surface area contributed by atoms with Gasteiger partial charge in [0, 0.05) is 13.1 Å². The van der Waals surface area contributed by atoms with E-state index in [1.807, 2.05) is 24.3 Å². The normalized spacial score (nSPS) is 11.8. The average molecular weight is 462 g/mol. The Morgan fingerprint density at radius 1 is 1.08 bits per heavy atom. The Hall–Kier alpha value is -2.07. The van der Waals surface area contributed by atoms with Crippen molar-refractivity contribution in [2.24, 2.45) is 4.99 Å². The fraction of sp³-hybridized carbons (Fsp3) is 0.333. The highest BCUT2D eigenvalue weighted by Gasteiger charge is 2.06. The van der Waals surface area contributed by atoms with E-state index in [1.54, 1.807) is 0 Å². The molecule has 2 N–H and O–H groups in total. The second-order valence-corrected chi connectivity index (χ2v) is 6.20. The molecular weight excluding hydrogens is 435 g/mol. The van der Waals surface area contributed by atoms with E-state index in [2.05, 4.69) is 66.7 Å². The van der Waals surface area contributed by atoms with Gasteiger partial charge in [0.05, 0.1) is 18.2 Å². The molecule has 138 valence electrons. The number of halogens is 1. The SMILES string of the molecule is CCNC(=NCc1ccc(C#N)cc1)NCC(C)c1ccc(C)cc1.I.